The lowest BCUT2D eigenvalue weighted by Crippen LogP contribution is -2.11. The van der Waals surface area contributed by atoms with E-state index >= 15 is 0 Å². The number of phenols is 1. The van der Waals surface area contributed by atoms with E-state index in [1.807, 2.05) is 30.3 Å². The van der Waals surface area contributed by atoms with Crippen LogP contribution in [0.5, 0.6) is 5.75 Å². The van der Waals surface area contributed by atoms with Crippen molar-refractivity contribution in [2.24, 2.45) is 0 Å². The topological polar surface area (TPSA) is 66.9 Å². The summed E-state index contributed by atoms with van der Waals surface area (Å²) in [5.74, 6) is 0.0324. The molecule has 1 N–H and O–H groups in total. The lowest BCUT2D eigenvalue weighted by Gasteiger charge is -2.13. The zero-order chi connectivity index (χ0) is 17.5. The lowest BCUT2D eigenvalue weighted by molar-refractivity contribution is 0.349. The molecule has 0 aliphatic carbocycles. The number of rotatable bonds is 4. The Bertz CT molecular complexity index is 988. The van der Waals surface area contributed by atoms with Gasteiger partial charge in [0.2, 0.25) is 9.84 Å². The van der Waals surface area contributed by atoms with Crippen LogP contribution in [-0.2, 0) is 20.2 Å². The molecule has 1 aliphatic heterocycles. The minimum atomic E-state index is -3.61. The molecule has 0 spiro atoms. The second kappa shape index (κ2) is 5.72. The smallest absolute Gasteiger partial charge is 0.206 e. The maximum absolute atomic E-state index is 12.7. The summed E-state index contributed by atoms with van der Waals surface area (Å²) in [6, 6.07) is 22.2. The Morgan fingerprint density at radius 2 is 1.24 bits per heavy atom. The number of aromatic hydroxyl groups is 1. The highest BCUT2D eigenvalue weighted by Crippen LogP contribution is 2.45. The number of sulfone groups is 1. The summed E-state index contributed by atoms with van der Waals surface area (Å²) in [7, 11) is -3.61. The van der Waals surface area contributed by atoms with Crippen molar-refractivity contribution in [3.8, 4) is 5.75 Å². The fraction of sp³-hybridized carbons (Fsp3) is 0.100. The molecule has 0 amide bonds. The van der Waals surface area contributed by atoms with Crippen LogP contribution in [0.25, 0.3) is 0 Å². The molecular formula is C20H16O4S. The Morgan fingerprint density at radius 3 is 1.76 bits per heavy atom. The molecule has 4 rings (SSSR count). The first-order chi connectivity index (χ1) is 12.0. The molecule has 1 aliphatic rings. The van der Waals surface area contributed by atoms with Gasteiger partial charge in [-0.25, -0.2) is 8.42 Å². The molecule has 4 nitrogen and oxygen atoms in total. The van der Waals surface area contributed by atoms with Crippen molar-refractivity contribution in [2.75, 3.05) is 6.61 Å². The molecule has 3 aromatic carbocycles. The van der Waals surface area contributed by atoms with Crippen LogP contribution >= 0.6 is 0 Å². The lowest BCUT2D eigenvalue weighted by atomic mass is 9.92. The van der Waals surface area contributed by atoms with Crippen molar-refractivity contribution in [3.63, 3.8) is 0 Å². The number of phenolic OH excluding ortho intramolecular Hbond substituents is 1. The van der Waals surface area contributed by atoms with Gasteiger partial charge in [-0.3, -0.25) is 0 Å². The van der Waals surface area contributed by atoms with Gasteiger partial charge in [0.25, 0.3) is 0 Å². The van der Waals surface area contributed by atoms with Crippen LogP contribution in [0.4, 0.5) is 0 Å². The third-order valence-electron chi connectivity index (χ3n) is 4.45. The Morgan fingerprint density at radius 1 is 0.760 bits per heavy atom. The monoisotopic (exact) mass is 352 g/mol. The summed E-state index contributed by atoms with van der Waals surface area (Å²) in [4.78, 5) is 0.365. The fourth-order valence-electron chi connectivity index (χ4n) is 2.94. The van der Waals surface area contributed by atoms with Crippen LogP contribution in [0, 0.1) is 0 Å². The molecule has 5 heteroatoms. The summed E-state index contributed by atoms with van der Waals surface area (Å²) >= 11 is 0. The van der Waals surface area contributed by atoms with Crippen molar-refractivity contribution in [1.29, 1.82) is 0 Å². The van der Waals surface area contributed by atoms with E-state index in [0.29, 0.717) is 6.61 Å². The predicted octanol–water partition coefficient (Wildman–Crippen LogP) is 3.50. The molecule has 1 saturated heterocycles. The van der Waals surface area contributed by atoms with Gasteiger partial charge in [-0.05, 0) is 47.5 Å². The van der Waals surface area contributed by atoms with Gasteiger partial charge in [-0.15, -0.1) is 0 Å². The van der Waals surface area contributed by atoms with E-state index in [0.717, 1.165) is 11.1 Å². The van der Waals surface area contributed by atoms with Crippen molar-refractivity contribution >= 4 is 9.84 Å². The van der Waals surface area contributed by atoms with Crippen molar-refractivity contribution < 1.29 is 18.3 Å². The molecule has 0 aromatic heterocycles. The normalized spacial score (nSPS) is 19.5. The van der Waals surface area contributed by atoms with Crippen LogP contribution in [0.3, 0.4) is 0 Å². The summed E-state index contributed by atoms with van der Waals surface area (Å²) in [5, 5.41) is 9.33. The van der Waals surface area contributed by atoms with Gasteiger partial charge in [0.15, 0.2) is 0 Å². The van der Waals surface area contributed by atoms with Gasteiger partial charge in [0, 0.05) is 0 Å². The number of benzene rings is 3. The highest BCUT2D eigenvalue weighted by molar-refractivity contribution is 7.91. The van der Waals surface area contributed by atoms with Crippen LogP contribution < -0.4 is 0 Å². The molecule has 1 fully saturated rings. The summed E-state index contributed by atoms with van der Waals surface area (Å²) in [6.07, 6.45) is 0. The summed E-state index contributed by atoms with van der Waals surface area (Å²) in [5.41, 5.74) is 1.52. The average molecular weight is 352 g/mol. The third kappa shape index (κ3) is 2.71. The minimum absolute atomic E-state index is 0.0324. The molecule has 3 aromatic rings. The van der Waals surface area contributed by atoms with Crippen molar-refractivity contribution in [1.82, 2.24) is 0 Å². The molecule has 126 valence electrons. The average Bonchev–Trinajstić information content (AvgIpc) is 3.45. The van der Waals surface area contributed by atoms with Crippen LogP contribution in [0.2, 0.25) is 0 Å². The number of ether oxygens (including phenoxy) is 1. The van der Waals surface area contributed by atoms with E-state index in [1.165, 1.54) is 24.3 Å². The van der Waals surface area contributed by atoms with E-state index in [1.54, 1.807) is 24.3 Å². The minimum Gasteiger partial charge on any atom is -0.508 e. The highest BCUT2D eigenvalue weighted by atomic mass is 32.2. The zero-order valence-corrected chi connectivity index (χ0v) is 14.1. The molecule has 0 saturated carbocycles. The highest BCUT2D eigenvalue weighted by Gasteiger charge is 2.48. The van der Waals surface area contributed by atoms with Crippen LogP contribution in [-0.4, -0.2) is 20.1 Å². The maximum atomic E-state index is 12.7. The SMILES string of the molecule is O=S(=O)(c1ccc(O)cc1)c1ccc(C2(c3ccccc3)CO2)cc1. The first kappa shape index (κ1) is 15.9. The molecule has 0 radical (unpaired) electrons. The van der Waals surface area contributed by atoms with Crippen LogP contribution in [0.15, 0.2) is 88.7 Å². The Hall–Kier alpha value is -2.63. The molecule has 0 bridgehead atoms. The molecule has 1 unspecified atom stereocenters. The van der Waals surface area contributed by atoms with Crippen molar-refractivity contribution in [2.45, 2.75) is 15.4 Å². The summed E-state index contributed by atoms with van der Waals surface area (Å²) < 4.78 is 31.1. The van der Waals surface area contributed by atoms with Gasteiger partial charge in [-0.2, -0.15) is 0 Å². The fourth-order valence-corrected chi connectivity index (χ4v) is 4.21. The Balaban J connectivity index is 1.68. The number of epoxide rings is 1. The van der Waals surface area contributed by atoms with Gasteiger partial charge < -0.3 is 9.84 Å². The van der Waals surface area contributed by atoms with Gasteiger partial charge in [0.05, 0.1) is 16.4 Å². The van der Waals surface area contributed by atoms with Gasteiger partial charge in [-0.1, -0.05) is 42.5 Å². The molecular weight excluding hydrogens is 336 g/mol. The maximum Gasteiger partial charge on any atom is 0.206 e. The van der Waals surface area contributed by atoms with E-state index < -0.39 is 15.4 Å². The Kier molecular flexibility index (Phi) is 3.63. The zero-order valence-electron chi connectivity index (χ0n) is 13.3. The number of hydrogen-bond acceptors (Lipinski definition) is 4. The second-order valence-electron chi connectivity index (χ2n) is 6.00. The molecule has 1 heterocycles. The first-order valence-electron chi connectivity index (χ1n) is 7.86. The van der Waals surface area contributed by atoms with E-state index in [4.69, 9.17) is 4.74 Å². The standard InChI is InChI=1S/C20H16O4S/c21-17-8-12-19(13-9-17)25(22,23)18-10-6-16(7-11-18)20(14-24-20)15-4-2-1-3-5-15/h1-13,21H,14H2. The van der Waals surface area contributed by atoms with Crippen molar-refractivity contribution in [3.05, 3.63) is 90.0 Å². The largest absolute Gasteiger partial charge is 0.508 e. The van der Waals surface area contributed by atoms with Gasteiger partial charge in [0.1, 0.15) is 11.4 Å². The van der Waals surface area contributed by atoms with E-state index in [9.17, 15) is 13.5 Å². The van der Waals surface area contributed by atoms with Gasteiger partial charge >= 0.3 is 0 Å². The van der Waals surface area contributed by atoms with E-state index in [-0.39, 0.29) is 15.5 Å². The number of hydrogen-bond donors (Lipinski definition) is 1. The third-order valence-corrected chi connectivity index (χ3v) is 6.24. The predicted molar refractivity (Wildman–Crippen MR) is 93.2 cm³/mol. The Labute approximate surface area is 146 Å². The van der Waals surface area contributed by atoms with Crippen LogP contribution in [0.1, 0.15) is 11.1 Å². The first-order valence-corrected chi connectivity index (χ1v) is 9.35. The molecule has 1 atom stereocenters. The van der Waals surface area contributed by atoms with E-state index in [2.05, 4.69) is 0 Å². The quantitative estimate of drug-likeness (QED) is 0.730. The second-order valence-corrected chi connectivity index (χ2v) is 7.95. The molecule has 25 heavy (non-hydrogen) atoms. The summed E-state index contributed by atoms with van der Waals surface area (Å²) in [6.45, 7) is 0.584.